The number of nitrogens with zero attached hydrogens (tertiary/aromatic N) is 2. The van der Waals surface area contributed by atoms with Crippen LogP contribution in [0.15, 0.2) is 30.3 Å². The molecule has 6 nitrogen and oxygen atoms in total. The van der Waals surface area contributed by atoms with Crippen molar-refractivity contribution in [2.75, 3.05) is 39.5 Å². The summed E-state index contributed by atoms with van der Waals surface area (Å²) in [5.74, 6) is -0.133. The van der Waals surface area contributed by atoms with Gasteiger partial charge < -0.3 is 14.2 Å². The summed E-state index contributed by atoms with van der Waals surface area (Å²) < 4.78 is 17.3. The van der Waals surface area contributed by atoms with Gasteiger partial charge >= 0.3 is 5.97 Å². The summed E-state index contributed by atoms with van der Waals surface area (Å²) in [6.07, 6.45) is 5.29. The van der Waals surface area contributed by atoms with E-state index in [1.165, 1.54) is 0 Å². The molecule has 0 aliphatic carbocycles. The van der Waals surface area contributed by atoms with Crippen molar-refractivity contribution < 1.29 is 19.0 Å². The molecule has 166 valence electrons. The highest BCUT2D eigenvalue weighted by atomic mass is 16.5. The van der Waals surface area contributed by atoms with Crippen LogP contribution in [0.1, 0.15) is 44.6 Å². The number of hydrogen-bond donors (Lipinski definition) is 0. The highest BCUT2D eigenvalue weighted by molar-refractivity contribution is 5.76. The number of hydrogen-bond acceptors (Lipinski definition) is 6. The lowest BCUT2D eigenvalue weighted by atomic mass is 10.0. The quantitative estimate of drug-likeness (QED) is 0.547. The molecule has 0 radical (unpaired) electrons. The molecule has 1 aromatic rings. The molecule has 3 atom stereocenters. The molecule has 3 heterocycles. The zero-order valence-corrected chi connectivity index (χ0v) is 18.2. The summed E-state index contributed by atoms with van der Waals surface area (Å²) >= 11 is 0. The second kappa shape index (κ2) is 10.7. The van der Waals surface area contributed by atoms with Gasteiger partial charge in [-0.15, -0.1) is 0 Å². The van der Waals surface area contributed by atoms with Crippen LogP contribution in [0.25, 0.3) is 0 Å². The van der Waals surface area contributed by atoms with Crippen LogP contribution in [-0.2, 0) is 25.6 Å². The molecule has 6 heteroatoms. The van der Waals surface area contributed by atoms with Gasteiger partial charge in [-0.2, -0.15) is 0 Å². The van der Waals surface area contributed by atoms with E-state index in [0.717, 1.165) is 77.1 Å². The maximum absolute atomic E-state index is 13.3. The third kappa shape index (κ3) is 5.22. The lowest BCUT2D eigenvalue weighted by Crippen LogP contribution is -2.57. The first-order valence-corrected chi connectivity index (χ1v) is 11.7. The Morgan fingerprint density at radius 3 is 2.73 bits per heavy atom. The van der Waals surface area contributed by atoms with E-state index in [4.69, 9.17) is 14.2 Å². The molecule has 4 rings (SSSR count). The van der Waals surface area contributed by atoms with Gasteiger partial charge in [0, 0.05) is 19.2 Å². The predicted molar refractivity (Wildman–Crippen MR) is 115 cm³/mol. The SMILES string of the molecule is CCCN(CC1CCCN1C(C(=O)OCc1ccccc1)C1CCCO1)C1COC1. The van der Waals surface area contributed by atoms with Crippen molar-refractivity contribution in [2.24, 2.45) is 0 Å². The fourth-order valence-corrected chi connectivity index (χ4v) is 5.00. The number of carbonyl (C=O) groups excluding carboxylic acids is 1. The Morgan fingerprint density at radius 1 is 1.23 bits per heavy atom. The van der Waals surface area contributed by atoms with Gasteiger partial charge in [0.25, 0.3) is 0 Å². The molecule has 0 aromatic heterocycles. The van der Waals surface area contributed by atoms with Gasteiger partial charge in [0.1, 0.15) is 12.6 Å². The standard InChI is InChI=1S/C24H36N2O4/c1-2-12-25(21-17-28-18-21)15-20-10-6-13-26(20)23(22-11-7-14-29-22)24(27)30-16-19-8-4-3-5-9-19/h3-5,8-9,20-23H,2,6-7,10-18H2,1H3. The molecular formula is C24H36N2O4. The van der Waals surface area contributed by atoms with E-state index >= 15 is 0 Å². The summed E-state index contributed by atoms with van der Waals surface area (Å²) in [6.45, 7) is 7.99. The Balaban J connectivity index is 1.44. The Hall–Kier alpha value is -1.47. The molecule has 0 amide bonds. The van der Waals surface area contributed by atoms with Gasteiger partial charge in [-0.25, -0.2) is 0 Å². The van der Waals surface area contributed by atoms with Gasteiger partial charge in [-0.3, -0.25) is 14.6 Å². The monoisotopic (exact) mass is 416 g/mol. The minimum absolute atomic E-state index is 0.0551. The van der Waals surface area contributed by atoms with Crippen molar-refractivity contribution in [1.29, 1.82) is 0 Å². The lowest BCUT2D eigenvalue weighted by molar-refractivity contribution is -0.157. The Bertz CT molecular complexity index is 660. The van der Waals surface area contributed by atoms with E-state index in [0.29, 0.717) is 18.7 Å². The zero-order valence-electron chi connectivity index (χ0n) is 18.2. The third-order valence-electron chi connectivity index (χ3n) is 6.66. The lowest BCUT2D eigenvalue weighted by Gasteiger charge is -2.41. The second-order valence-corrected chi connectivity index (χ2v) is 8.81. The van der Waals surface area contributed by atoms with Gasteiger partial charge in [0.2, 0.25) is 0 Å². The Labute approximate surface area is 180 Å². The van der Waals surface area contributed by atoms with Crippen molar-refractivity contribution >= 4 is 5.97 Å². The van der Waals surface area contributed by atoms with Crippen LogP contribution in [0, 0.1) is 0 Å². The summed E-state index contributed by atoms with van der Waals surface area (Å²) in [4.78, 5) is 18.2. The van der Waals surface area contributed by atoms with Crippen molar-refractivity contribution in [3.63, 3.8) is 0 Å². The Morgan fingerprint density at radius 2 is 2.07 bits per heavy atom. The number of likely N-dealkylation sites (tertiary alicyclic amines) is 1. The normalized spacial score (nSPS) is 26.1. The minimum atomic E-state index is -0.301. The average molecular weight is 417 g/mol. The summed E-state index contributed by atoms with van der Waals surface area (Å²) in [5, 5.41) is 0. The molecule has 3 fully saturated rings. The van der Waals surface area contributed by atoms with Crippen LogP contribution in [0.2, 0.25) is 0 Å². The molecule has 3 aliphatic heterocycles. The summed E-state index contributed by atoms with van der Waals surface area (Å²) in [6, 6.07) is 10.5. The number of ether oxygens (including phenoxy) is 3. The highest BCUT2D eigenvalue weighted by Crippen LogP contribution is 2.29. The molecule has 0 N–H and O–H groups in total. The van der Waals surface area contributed by atoms with E-state index in [1.807, 2.05) is 30.3 Å². The molecule has 30 heavy (non-hydrogen) atoms. The van der Waals surface area contributed by atoms with Crippen LogP contribution >= 0.6 is 0 Å². The number of carbonyl (C=O) groups is 1. The molecule has 3 aliphatic rings. The van der Waals surface area contributed by atoms with Crippen molar-refractivity contribution in [2.45, 2.75) is 69.9 Å². The maximum atomic E-state index is 13.3. The van der Waals surface area contributed by atoms with Gasteiger partial charge in [0.05, 0.1) is 25.4 Å². The molecule has 3 unspecified atom stereocenters. The third-order valence-corrected chi connectivity index (χ3v) is 6.66. The first-order valence-electron chi connectivity index (χ1n) is 11.7. The van der Waals surface area contributed by atoms with Crippen molar-refractivity contribution in [1.82, 2.24) is 9.80 Å². The number of benzene rings is 1. The summed E-state index contributed by atoms with van der Waals surface area (Å²) in [5.41, 5.74) is 1.02. The molecule has 0 spiro atoms. The number of rotatable bonds is 10. The van der Waals surface area contributed by atoms with Gasteiger partial charge in [-0.1, -0.05) is 37.3 Å². The fraction of sp³-hybridized carbons (Fsp3) is 0.708. The van der Waals surface area contributed by atoms with Crippen molar-refractivity contribution in [3.8, 4) is 0 Å². The van der Waals surface area contributed by atoms with Crippen LogP contribution in [-0.4, -0.2) is 79.5 Å². The largest absolute Gasteiger partial charge is 0.460 e. The average Bonchev–Trinajstić information content (AvgIpc) is 3.40. The first-order chi connectivity index (χ1) is 14.8. The van der Waals surface area contributed by atoms with E-state index in [9.17, 15) is 4.79 Å². The molecule has 1 aromatic carbocycles. The second-order valence-electron chi connectivity index (χ2n) is 8.81. The van der Waals surface area contributed by atoms with Crippen molar-refractivity contribution in [3.05, 3.63) is 35.9 Å². The summed E-state index contributed by atoms with van der Waals surface area (Å²) in [7, 11) is 0. The number of esters is 1. The first kappa shape index (κ1) is 21.8. The van der Waals surface area contributed by atoms with Crippen LogP contribution in [0.5, 0.6) is 0 Å². The van der Waals surface area contributed by atoms with E-state index < -0.39 is 0 Å². The van der Waals surface area contributed by atoms with Crippen LogP contribution in [0.3, 0.4) is 0 Å². The molecule has 3 saturated heterocycles. The Kier molecular flexibility index (Phi) is 7.77. The minimum Gasteiger partial charge on any atom is -0.460 e. The van der Waals surface area contributed by atoms with Gasteiger partial charge in [0.15, 0.2) is 0 Å². The fourth-order valence-electron chi connectivity index (χ4n) is 5.00. The zero-order chi connectivity index (χ0) is 20.8. The maximum Gasteiger partial charge on any atom is 0.326 e. The van der Waals surface area contributed by atoms with Gasteiger partial charge in [-0.05, 0) is 50.8 Å². The highest BCUT2D eigenvalue weighted by Gasteiger charge is 2.43. The molecule has 0 saturated carbocycles. The smallest absolute Gasteiger partial charge is 0.326 e. The topological polar surface area (TPSA) is 51.2 Å². The van der Waals surface area contributed by atoms with E-state index in [2.05, 4.69) is 16.7 Å². The van der Waals surface area contributed by atoms with Crippen LogP contribution in [0.4, 0.5) is 0 Å². The molecular weight excluding hydrogens is 380 g/mol. The van der Waals surface area contributed by atoms with E-state index in [-0.39, 0.29) is 18.1 Å². The molecule has 0 bridgehead atoms. The predicted octanol–water partition coefficient (Wildman–Crippen LogP) is 2.85. The van der Waals surface area contributed by atoms with Crippen LogP contribution < -0.4 is 0 Å². The van der Waals surface area contributed by atoms with E-state index in [1.54, 1.807) is 0 Å².